The Morgan fingerprint density at radius 1 is 1.45 bits per heavy atom. The highest BCUT2D eigenvalue weighted by Gasteiger charge is 2.22. The van der Waals surface area contributed by atoms with Crippen molar-refractivity contribution in [2.24, 2.45) is 0 Å². The molecule has 0 atom stereocenters. The van der Waals surface area contributed by atoms with E-state index in [2.05, 4.69) is 10.3 Å². The third-order valence-corrected chi connectivity index (χ3v) is 3.90. The lowest BCUT2D eigenvalue weighted by Crippen LogP contribution is -2.48. The van der Waals surface area contributed by atoms with Gasteiger partial charge in [0.1, 0.15) is 5.69 Å². The van der Waals surface area contributed by atoms with Gasteiger partial charge in [-0.3, -0.25) is 4.79 Å². The Hall–Kier alpha value is -1.47. The number of thiazole rings is 1. The highest BCUT2D eigenvalue weighted by atomic mass is 32.1. The van der Waals surface area contributed by atoms with Crippen molar-refractivity contribution in [1.29, 1.82) is 0 Å². The number of amides is 1. The molecule has 1 heterocycles. The van der Waals surface area contributed by atoms with E-state index in [0.29, 0.717) is 6.54 Å². The summed E-state index contributed by atoms with van der Waals surface area (Å²) in [5, 5.41) is 4.57. The highest BCUT2D eigenvalue weighted by Crippen LogP contribution is 2.12. The van der Waals surface area contributed by atoms with E-state index < -0.39 is 5.97 Å². The molecule has 0 aromatic carbocycles. The maximum atomic E-state index is 12.0. The van der Waals surface area contributed by atoms with Gasteiger partial charge in [0, 0.05) is 17.5 Å². The fourth-order valence-electron chi connectivity index (χ4n) is 1.21. The largest absolute Gasteiger partial charge is 0.461 e. The molecule has 7 heteroatoms. The van der Waals surface area contributed by atoms with E-state index in [-0.39, 0.29) is 28.8 Å². The number of nitrogens with zero attached hydrogens (tertiary/aromatic N) is 2. The second-order valence-corrected chi connectivity index (χ2v) is 6.01. The van der Waals surface area contributed by atoms with Crippen LogP contribution in [0.25, 0.3) is 0 Å². The number of aromatic nitrogens is 1. The molecule has 1 N–H and O–H groups in total. The maximum absolute atomic E-state index is 12.0. The van der Waals surface area contributed by atoms with E-state index >= 15 is 0 Å². The summed E-state index contributed by atoms with van der Waals surface area (Å²) in [4.78, 5) is 29.5. The van der Waals surface area contributed by atoms with Gasteiger partial charge in [-0.25, -0.2) is 9.78 Å². The summed E-state index contributed by atoms with van der Waals surface area (Å²) in [5.74, 6) is -0.781. The molecule has 0 unspecified atom stereocenters. The Morgan fingerprint density at radius 2 is 2.10 bits per heavy atom. The van der Waals surface area contributed by atoms with Crippen LogP contribution in [0.1, 0.15) is 41.1 Å². The smallest absolute Gasteiger partial charge is 0.367 e. The minimum absolute atomic E-state index is 0.157. The summed E-state index contributed by atoms with van der Waals surface area (Å²) in [6.45, 7) is 6.56. The lowest BCUT2D eigenvalue weighted by Gasteiger charge is -2.32. The molecule has 0 saturated heterocycles. The van der Waals surface area contributed by atoms with Crippen LogP contribution in [0.5, 0.6) is 0 Å². The predicted molar refractivity (Wildman–Crippen MR) is 78.2 cm³/mol. The third kappa shape index (κ3) is 4.28. The molecule has 1 aromatic heterocycles. The van der Waals surface area contributed by atoms with Crippen LogP contribution in [-0.4, -0.2) is 54.5 Å². The Bertz CT molecular complexity index is 483. The molecule has 0 aliphatic carbocycles. The normalized spacial score (nSPS) is 11.5. The molecule has 0 aliphatic heterocycles. The van der Waals surface area contributed by atoms with Crippen molar-refractivity contribution in [2.45, 2.75) is 26.3 Å². The number of esters is 1. The van der Waals surface area contributed by atoms with Crippen molar-refractivity contribution in [2.75, 3.05) is 27.2 Å². The molecule has 20 heavy (non-hydrogen) atoms. The summed E-state index contributed by atoms with van der Waals surface area (Å²) in [6.07, 6.45) is 0. The maximum Gasteiger partial charge on any atom is 0.367 e. The van der Waals surface area contributed by atoms with Crippen molar-refractivity contribution < 1.29 is 14.3 Å². The Morgan fingerprint density at radius 3 is 2.65 bits per heavy atom. The van der Waals surface area contributed by atoms with Crippen LogP contribution in [0.4, 0.5) is 0 Å². The van der Waals surface area contributed by atoms with Crippen LogP contribution < -0.4 is 5.32 Å². The molecule has 0 saturated carbocycles. The fourth-order valence-corrected chi connectivity index (χ4v) is 1.90. The third-order valence-electron chi connectivity index (χ3n) is 3.08. The van der Waals surface area contributed by atoms with Crippen molar-refractivity contribution in [3.63, 3.8) is 0 Å². The SMILES string of the molecule is CCOC(=O)c1nc(C(=O)NCC(C)(C)N(C)C)cs1. The number of nitrogens with one attached hydrogen (secondary N) is 1. The summed E-state index contributed by atoms with van der Waals surface area (Å²) < 4.78 is 4.84. The van der Waals surface area contributed by atoms with Gasteiger partial charge in [-0.1, -0.05) is 0 Å². The number of likely N-dealkylation sites (N-methyl/N-ethyl adjacent to an activating group) is 1. The predicted octanol–water partition coefficient (Wildman–Crippen LogP) is 1.39. The first kappa shape index (κ1) is 16.6. The standard InChI is InChI=1S/C13H21N3O3S/c1-6-19-12(18)11-15-9(7-20-11)10(17)14-8-13(2,3)16(4)5/h7H,6,8H2,1-5H3,(H,14,17). The van der Waals surface area contributed by atoms with Gasteiger partial charge >= 0.3 is 5.97 Å². The number of carbonyl (C=O) groups is 2. The quantitative estimate of drug-likeness (QED) is 0.804. The minimum Gasteiger partial charge on any atom is -0.461 e. The van der Waals surface area contributed by atoms with Gasteiger partial charge < -0.3 is 15.0 Å². The molecular weight excluding hydrogens is 278 g/mol. The zero-order chi connectivity index (χ0) is 15.3. The zero-order valence-corrected chi connectivity index (χ0v) is 13.3. The van der Waals surface area contributed by atoms with Gasteiger partial charge in [0.25, 0.3) is 5.91 Å². The molecule has 0 fully saturated rings. The molecule has 0 bridgehead atoms. The Labute approximate surface area is 123 Å². The molecule has 1 amide bonds. The second kappa shape index (κ2) is 6.81. The van der Waals surface area contributed by atoms with Crippen molar-refractivity contribution >= 4 is 23.2 Å². The van der Waals surface area contributed by atoms with Crippen molar-refractivity contribution in [3.8, 4) is 0 Å². The number of hydrogen-bond acceptors (Lipinski definition) is 6. The van der Waals surface area contributed by atoms with Gasteiger partial charge in [-0.05, 0) is 34.9 Å². The zero-order valence-electron chi connectivity index (χ0n) is 12.5. The summed E-state index contributed by atoms with van der Waals surface area (Å²) in [7, 11) is 3.90. The minimum atomic E-state index is -0.495. The monoisotopic (exact) mass is 299 g/mol. The van der Waals surface area contributed by atoms with Gasteiger partial charge in [0.15, 0.2) is 0 Å². The van der Waals surface area contributed by atoms with E-state index in [9.17, 15) is 9.59 Å². The molecule has 1 rings (SSSR count). The Balaban J connectivity index is 2.63. The number of hydrogen-bond donors (Lipinski definition) is 1. The molecule has 0 spiro atoms. The molecular formula is C13H21N3O3S. The van der Waals surface area contributed by atoms with E-state index in [1.807, 2.05) is 32.8 Å². The molecule has 6 nitrogen and oxygen atoms in total. The summed E-state index contributed by atoms with van der Waals surface area (Å²) >= 11 is 1.11. The Kier molecular flexibility index (Phi) is 5.64. The van der Waals surface area contributed by atoms with Crippen LogP contribution >= 0.6 is 11.3 Å². The summed E-state index contributed by atoms with van der Waals surface area (Å²) in [5.41, 5.74) is 0.0861. The van der Waals surface area contributed by atoms with Gasteiger partial charge in [0.2, 0.25) is 5.01 Å². The lowest BCUT2D eigenvalue weighted by atomic mass is 10.0. The van der Waals surface area contributed by atoms with Gasteiger partial charge in [-0.2, -0.15) is 0 Å². The fraction of sp³-hybridized carbons (Fsp3) is 0.615. The van der Waals surface area contributed by atoms with Crippen LogP contribution in [-0.2, 0) is 4.74 Å². The second-order valence-electron chi connectivity index (χ2n) is 5.15. The van der Waals surface area contributed by atoms with Crippen LogP contribution in [0.15, 0.2) is 5.38 Å². The van der Waals surface area contributed by atoms with E-state index in [1.165, 1.54) is 0 Å². The molecule has 0 aliphatic rings. The van der Waals surface area contributed by atoms with E-state index in [0.717, 1.165) is 11.3 Å². The van der Waals surface area contributed by atoms with Gasteiger partial charge in [0.05, 0.1) is 6.61 Å². The average Bonchev–Trinajstić information content (AvgIpc) is 2.85. The molecule has 112 valence electrons. The van der Waals surface area contributed by atoms with Crippen LogP contribution in [0.2, 0.25) is 0 Å². The number of ether oxygens (including phenoxy) is 1. The summed E-state index contributed by atoms with van der Waals surface area (Å²) in [6, 6.07) is 0. The first-order chi connectivity index (χ1) is 9.27. The van der Waals surface area contributed by atoms with Crippen molar-refractivity contribution in [1.82, 2.24) is 15.2 Å². The van der Waals surface area contributed by atoms with Crippen LogP contribution in [0.3, 0.4) is 0 Å². The van der Waals surface area contributed by atoms with Gasteiger partial charge in [-0.15, -0.1) is 11.3 Å². The van der Waals surface area contributed by atoms with E-state index in [4.69, 9.17) is 4.74 Å². The molecule has 0 radical (unpaired) electrons. The lowest BCUT2D eigenvalue weighted by molar-refractivity contribution is 0.0526. The highest BCUT2D eigenvalue weighted by molar-refractivity contribution is 7.11. The average molecular weight is 299 g/mol. The van der Waals surface area contributed by atoms with Crippen molar-refractivity contribution in [3.05, 3.63) is 16.1 Å². The number of carbonyl (C=O) groups excluding carboxylic acids is 2. The topological polar surface area (TPSA) is 71.5 Å². The first-order valence-electron chi connectivity index (χ1n) is 6.36. The molecule has 1 aromatic rings. The van der Waals surface area contributed by atoms with E-state index in [1.54, 1.807) is 12.3 Å². The number of rotatable bonds is 6. The van der Waals surface area contributed by atoms with Crippen LogP contribution in [0, 0.1) is 0 Å². The first-order valence-corrected chi connectivity index (χ1v) is 7.24.